The third-order valence-corrected chi connectivity index (χ3v) is 5.01. The molecule has 1 aliphatic carbocycles. The zero-order valence-electron chi connectivity index (χ0n) is 12.2. The Bertz CT molecular complexity index is 458. The molecule has 2 rings (SSSR count). The first kappa shape index (κ1) is 15.7. The molecule has 0 radical (unpaired) electrons. The molecule has 20 heavy (non-hydrogen) atoms. The van der Waals surface area contributed by atoms with Crippen LogP contribution in [0.1, 0.15) is 37.7 Å². The van der Waals surface area contributed by atoms with E-state index < -0.39 is 6.10 Å². The van der Waals surface area contributed by atoms with Crippen molar-refractivity contribution in [1.82, 2.24) is 4.90 Å². The molecule has 1 unspecified atom stereocenters. The van der Waals surface area contributed by atoms with E-state index in [0.717, 1.165) is 31.2 Å². The van der Waals surface area contributed by atoms with E-state index in [0.29, 0.717) is 11.4 Å². The second-order valence-electron chi connectivity index (χ2n) is 6.01. The Balaban J connectivity index is 2.18. The fraction of sp³-hybridized carbons (Fsp3) is 0.625. The average molecular weight is 300 g/mol. The maximum absolute atomic E-state index is 13.1. The molecule has 1 aromatic rings. The number of aliphatic hydroxyl groups is 1. The summed E-state index contributed by atoms with van der Waals surface area (Å²) in [6.45, 7) is 0. The third-order valence-electron chi connectivity index (χ3n) is 4.66. The lowest BCUT2D eigenvalue weighted by atomic mass is 9.75. The molecule has 1 N–H and O–H groups in total. The van der Waals surface area contributed by atoms with Crippen molar-refractivity contribution in [2.24, 2.45) is 0 Å². The van der Waals surface area contributed by atoms with Gasteiger partial charge in [-0.2, -0.15) is 0 Å². The molecular weight excluding hydrogens is 277 g/mol. The van der Waals surface area contributed by atoms with Crippen molar-refractivity contribution < 1.29 is 9.50 Å². The van der Waals surface area contributed by atoms with E-state index in [9.17, 15) is 9.50 Å². The average Bonchev–Trinajstić information content (AvgIpc) is 2.42. The molecule has 1 fully saturated rings. The number of halogens is 2. The van der Waals surface area contributed by atoms with Crippen molar-refractivity contribution in [3.63, 3.8) is 0 Å². The topological polar surface area (TPSA) is 23.5 Å². The lowest BCUT2D eigenvalue weighted by Crippen LogP contribution is -2.55. The molecular formula is C16H23ClFNO. The standard InChI is InChI=1S/C16H23ClFNO/c1-19(2)16(8-4-3-5-9-16)15(20)10-12-6-7-13(18)11-14(12)17/h6-7,11,15,20H,3-5,8-10H2,1-2H3. The minimum absolute atomic E-state index is 0.185. The van der Waals surface area contributed by atoms with Crippen molar-refractivity contribution in [3.8, 4) is 0 Å². The van der Waals surface area contributed by atoms with E-state index in [1.165, 1.54) is 18.6 Å². The highest BCUT2D eigenvalue weighted by molar-refractivity contribution is 6.31. The summed E-state index contributed by atoms with van der Waals surface area (Å²) in [7, 11) is 4.06. The summed E-state index contributed by atoms with van der Waals surface area (Å²) in [6.07, 6.45) is 5.51. The summed E-state index contributed by atoms with van der Waals surface area (Å²) in [6, 6.07) is 4.39. The SMILES string of the molecule is CN(C)C1(C(O)Cc2ccc(F)cc2Cl)CCCCC1. The molecule has 0 aliphatic heterocycles. The normalized spacial score (nSPS) is 20.1. The summed E-state index contributed by atoms with van der Waals surface area (Å²) < 4.78 is 13.1. The minimum atomic E-state index is -0.485. The number of hydrogen-bond acceptors (Lipinski definition) is 2. The summed E-state index contributed by atoms with van der Waals surface area (Å²) in [5.74, 6) is -0.340. The quantitative estimate of drug-likeness (QED) is 0.917. The van der Waals surface area contributed by atoms with Gasteiger partial charge in [0.05, 0.1) is 6.10 Å². The van der Waals surface area contributed by atoms with Crippen LogP contribution in [0.4, 0.5) is 4.39 Å². The van der Waals surface area contributed by atoms with Crippen LogP contribution < -0.4 is 0 Å². The second-order valence-corrected chi connectivity index (χ2v) is 6.42. The molecule has 1 aromatic carbocycles. The van der Waals surface area contributed by atoms with E-state index in [4.69, 9.17) is 11.6 Å². The Morgan fingerprint density at radius 3 is 2.50 bits per heavy atom. The van der Waals surface area contributed by atoms with E-state index in [1.54, 1.807) is 6.07 Å². The Kier molecular flexibility index (Phi) is 5.05. The number of aliphatic hydroxyl groups excluding tert-OH is 1. The van der Waals surface area contributed by atoms with E-state index in [1.807, 2.05) is 14.1 Å². The first-order chi connectivity index (χ1) is 9.45. The highest BCUT2D eigenvalue weighted by Gasteiger charge is 2.40. The number of nitrogens with zero attached hydrogens (tertiary/aromatic N) is 1. The predicted molar refractivity (Wildman–Crippen MR) is 80.6 cm³/mol. The van der Waals surface area contributed by atoms with Gasteiger partial charge in [-0.3, -0.25) is 0 Å². The van der Waals surface area contributed by atoms with Crippen LogP contribution >= 0.6 is 11.6 Å². The van der Waals surface area contributed by atoms with Crippen LogP contribution in [0.25, 0.3) is 0 Å². The van der Waals surface area contributed by atoms with Crippen molar-refractivity contribution in [1.29, 1.82) is 0 Å². The summed E-state index contributed by atoms with van der Waals surface area (Å²) in [5.41, 5.74) is 0.628. The first-order valence-electron chi connectivity index (χ1n) is 7.25. The molecule has 0 bridgehead atoms. The molecule has 1 saturated carbocycles. The zero-order chi connectivity index (χ0) is 14.8. The molecule has 1 atom stereocenters. The van der Waals surface area contributed by atoms with Gasteiger partial charge in [0.2, 0.25) is 0 Å². The van der Waals surface area contributed by atoms with Crippen molar-refractivity contribution in [2.45, 2.75) is 50.2 Å². The lowest BCUT2D eigenvalue weighted by molar-refractivity contribution is -0.0310. The highest BCUT2D eigenvalue weighted by atomic mass is 35.5. The number of hydrogen-bond donors (Lipinski definition) is 1. The monoisotopic (exact) mass is 299 g/mol. The van der Waals surface area contributed by atoms with Gasteiger partial charge < -0.3 is 10.0 Å². The molecule has 0 heterocycles. The Morgan fingerprint density at radius 1 is 1.30 bits per heavy atom. The number of rotatable bonds is 4. The van der Waals surface area contributed by atoms with Crippen LogP contribution in [0.15, 0.2) is 18.2 Å². The van der Waals surface area contributed by atoms with Gasteiger partial charge in [-0.25, -0.2) is 4.39 Å². The minimum Gasteiger partial charge on any atom is -0.391 e. The molecule has 112 valence electrons. The summed E-state index contributed by atoms with van der Waals surface area (Å²) >= 11 is 6.07. The molecule has 0 spiro atoms. The van der Waals surface area contributed by atoms with Gasteiger partial charge in [0.25, 0.3) is 0 Å². The molecule has 2 nitrogen and oxygen atoms in total. The van der Waals surface area contributed by atoms with Gasteiger partial charge in [0.1, 0.15) is 5.82 Å². The van der Waals surface area contributed by atoms with Crippen molar-refractivity contribution >= 4 is 11.6 Å². The number of likely N-dealkylation sites (N-methyl/N-ethyl adjacent to an activating group) is 1. The third kappa shape index (κ3) is 3.16. The summed E-state index contributed by atoms with van der Waals surface area (Å²) in [5, 5.41) is 11.1. The lowest BCUT2D eigenvalue weighted by Gasteiger charge is -2.46. The van der Waals surface area contributed by atoms with Crippen LogP contribution in [-0.4, -0.2) is 35.7 Å². The molecule has 0 aromatic heterocycles. The van der Waals surface area contributed by atoms with Crippen LogP contribution in [0.5, 0.6) is 0 Å². The van der Waals surface area contributed by atoms with Crippen LogP contribution in [-0.2, 0) is 6.42 Å². The molecule has 1 aliphatic rings. The van der Waals surface area contributed by atoms with E-state index in [2.05, 4.69) is 4.90 Å². The van der Waals surface area contributed by atoms with Gasteiger partial charge in [0.15, 0.2) is 0 Å². The Hall–Kier alpha value is -0.640. The van der Waals surface area contributed by atoms with Gasteiger partial charge in [-0.1, -0.05) is 36.9 Å². The smallest absolute Gasteiger partial charge is 0.124 e. The number of benzene rings is 1. The molecule has 4 heteroatoms. The summed E-state index contributed by atoms with van der Waals surface area (Å²) in [4.78, 5) is 2.15. The first-order valence-corrected chi connectivity index (χ1v) is 7.63. The highest BCUT2D eigenvalue weighted by Crippen LogP contribution is 2.37. The van der Waals surface area contributed by atoms with Crippen molar-refractivity contribution in [3.05, 3.63) is 34.6 Å². The van der Waals surface area contributed by atoms with Crippen LogP contribution in [0.2, 0.25) is 5.02 Å². The largest absolute Gasteiger partial charge is 0.391 e. The fourth-order valence-corrected chi connectivity index (χ4v) is 3.57. The van der Waals surface area contributed by atoms with Crippen LogP contribution in [0.3, 0.4) is 0 Å². The van der Waals surface area contributed by atoms with Gasteiger partial charge in [-0.15, -0.1) is 0 Å². The maximum Gasteiger partial charge on any atom is 0.124 e. The zero-order valence-corrected chi connectivity index (χ0v) is 13.0. The van der Waals surface area contributed by atoms with E-state index >= 15 is 0 Å². The van der Waals surface area contributed by atoms with Crippen LogP contribution in [0, 0.1) is 5.82 Å². The van der Waals surface area contributed by atoms with Gasteiger partial charge in [-0.05, 0) is 44.6 Å². The molecule has 0 saturated heterocycles. The predicted octanol–water partition coefficient (Wildman–Crippen LogP) is 3.65. The Labute approximate surface area is 125 Å². The maximum atomic E-state index is 13.1. The van der Waals surface area contributed by atoms with E-state index in [-0.39, 0.29) is 11.4 Å². The molecule has 0 amide bonds. The van der Waals surface area contributed by atoms with Crippen molar-refractivity contribution in [2.75, 3.05) is 14.1 Å². The Morgan fingerprint density at radius 2 is 1.95 bits per heavy atom. The fourth-order valence-electron chi connectivity index (χ4n) is 3.33. The second kappa shape index (κ2) is 6.42. The van der Waals surface area contributed by atoms with Gasteiger partial charge in [0, 0.05) is 17.0 Å². The van der Waals surface area contributed by atoms with Gasteiger partial charge >= 0.3 is 0 Å².